The molecule has 1 saturated carbocycles. The maximum absolute atomic E-state index is 13.0. The number of alkyl halides is 2. The van der Waals surface area contributed by atoms with Gasteiger partial charge in [0.25, 0.3) is 5.92 Å². The summed E-state index contributed by atoms with van der Waals surface area (Å²) in [5.74, 6) is -3.44. The molecule has 0 spiro atoms. The van der Waals surface area contributed by atoms with Gasteiger partial charge in [-0.1, -0.05) is 0 Å². The third-order valence-electron chi connectivity index (χ3n) is 2.70. The van der Waals surface area contributed by atoms with E-state index in [-0.39, 0.29) is 18.5 Å². The van der Waals surface area contributed by atoms with Crippen LogP contribution in [0.5, 0.6) is 0 Å². The molecular formula is C9H9F3N2. The Hall–Kier alpha value is -1.10. The predicted molar refractivity (Wildman–Crippen MR) is 44.5 cm³/mol. The molecular weight excluding hydrogens is 193 g/mol. The zero-order valence-electron chi connectivity index (χ0n) is 7.30. The van der Waals surface area contributed by atoms with Crippen molar-refractivity contribution in [3.63, 3.8) is 0 Å². The Labute approximate surface area is 78.9 Å². The van der Waals surface area contributed by atoms with Crippen LogP contribution in [-0.2, 0) is 5.41 Å². The standard InChI is InChI=1S/C9H9F3N2/c10-7-1-6(2-14-3-7)8(5-13)4-9(8,11)12/h1-3H,4-5,13H2. The molecule has 1 aliphatic rings. The fourth-order valence-electron chi connectivity index (χ4n) is 1.66. The Kier molecular flexibility index (Phi) is 1.82. The van der Waals surface area contributed by atoms with Gasteiger partial charge in [-0.15, -0.1) is 0 Å². The van der Waals surface area contributed by atoms with Gasteiger partial charge in [-0.25, -0.2) is 13.2 Å². The van der Waals surface area contributed by atoms with Gasteiger partial charge < -0.3 is 5.73 Å². The van der Waals surface area contributed by atoms with Crippen molar-refractivity contribution >= 4 is 0 Å². The number of nitrogens with two attached hydrogens (primary N) is 1. The molecule has 0 aromatic carbocycles. The molecule has 1 unspecified atom stereocenters. The molecule has 0 bridgehead atoms. The fraction of sp³-hybridized carbons (Fsp3) is 0.444. The second-order valence-corrected chi connectivity index (χ2v) is 3.56. The van der Waals surface area contributed by atoms with Gasteiger partial charge >= 0.3 is 0 Å². The van der Waals surface area contributed by atoms with E-state index in [1.807, 2.05) is 0 Å². The van der Waals surface area contributed by atoms with Crippen molar-refractivity contribution in [2.45, 2.75) is 17.8 Å². The second kappa shape index (κ2) is 2.70. The summed E-state index contributed by atoms with van der Waals surface area (Å²) >= 11 is 0. The number of aromatic nitrogens is 1. The van der Waals surface area contributed by atoms with Gasteiger partial charge in [0.05, 0.1) is 11.6 Å². The molecule has 0 aliphatic heterocycles. The van der Waals surface area contributed by atoms with E-state index in [9.17, 15) is 13.2 Å². The second-order valence-electron chi connectivity index (χ2n) is 3.56. The summed E-state index contributed by atoms with van der Waals surface area (Å²) in [6.07, 6.45) is 1.91. The van der Waals surface area contributed by atoms with Gasteiger partial charge in [0.2, 0.25) is 0 Å². The van der Waals surface area contributed by atoms with Crippen LogP contribution < -0.4 is 5.73 Å². The van der Waals surface area contributed by atoms with E-state index in [0.29, 0.717) is 0 Å². The summed E-state index contributed by atoms with van der Waals surface area (Å²) < 4.78 is 38.8. The highest BCUT2D eigenvalue weighted by molar-refractivity contribution is 5.36. The summed E-state index contributed by atoms with van der Waals surface area (Å²) in [6.45, 7) is -0.189. The van der Waals surface area contributed by atoms with Crippen molar-refractivity contribution in [2.75, 3.05) is 6.54 Å². The third-order valence-corrected chi connectivity index (χ3v) is 2.70. The molecule has 76 valence electrons. The average Bonchev–Trinajstić information content (AvgIpc) is 2.70. The molecule has 0 amide bonds. The SMILES string of the molecule is NCC1(c2cncc(F)c2)CC1(F)F. The first kappa shape index (κ1) is 9.45. The van der Waals surface area contributed by atoms with Crippen molar-refractivity contribution in [2.24, 2.45) is 5.73 Å². The zero-order valence-corrected chi connectivity index (χ0v) is 7.30. The normalized spacial score (nSPS) is 28.9. The summed E-state index contributed by atoms with van der Waals surface area (Å²) in [5.41, 5.74) is 4.09. The van der Waals surface area contributed by atoms with Crippen molar-refractivity contribution in [3.8, 4) is 0 Å². The van der Waals surface area contributed by atoms with Gasteiger partial charge in [-0.2, -0.15) is 0 Å². The third kappa shape index (κ3) is 1.12. The number of halogens is 3. The first-order valence-electron chi connectivity index (χ1n) is 4.21. The monoisotopic (exact) mass is 202 g/mol. The van der Waals surface area contributed by atoms with Crippen LogP contribution in [0.2, 0.25) is 0 Å². The maximum Gasteiger partial charge on any atom is 0.260 e. The van der Waals surface area contributed by atoms with Crippen molar-refractivity contribution < 1.29 is 13.2 Å². The molecule has 1 aromatic heterocycles. The van der Waals surface area contributed by atoms with Gasteiger partial charge in [-0.05, 0) is 11.6 Å². The lowest BCUT2D eigenvalue weighted by atomic mass is 9.97. The first-order chi connectivity index (χ1) is 6.52. The minimum absolute atomic E-state index is 0.185. The van der Waals surface area contributed by atoms with Crippen LogP contribution in [-0.4, -0.2) is 17.5 Å². The summed E-state index contributed by atoms with van der Waals surface area (Å²) in [5, 5.41) is 0. The Morgan fingerprint density at radius 1 is 1.43 bits per heavy atom. The van der Waals surface area contributed by atoms with Crippen LogP contribution in [0.15, 0.2) is 18.5 Å². The molecule has 2 rings (SSSR count). The molecule has 1 aromatic rings. The van der Waals surface area contributed by atoms with Crippen LogP contribution in [0, 0.1) is 5.82 Å². The van der Waals surface area contributed by atoms with E-state index in [4.69, 9.17) is 5.73 Å². The minimum Gasteiger partial charge on any atom is -0.329 e. The highest BCUT2D eigenvalue weighted by Crippen LogP contribution is 2.60. The van der Waals surface area contributed by atoms with Crippen LogP contribution >= 0.6 is 0 Å². The highest BCUT2D eigenvalue weighted by Gasteiger charge is 2.71. The highest BCUT2D eigenvalue weighted by atomic mass is 19.3. The molecule has 2 N–H and O–H groups in total. The van der Waals surface area contributed by atoms with E-state index < -0.39 is 17.2 Å². The van der Waals surface area contributed by atoms with Crippen LogP contribution in [0.3, 0.4) is 0 Å². The lowest BCUT2D eigenvalue weighted by Gasteiger charge is -2.13. The molecule has 5 heteroatoms. The summed E-state index contributed by atoms with van der Waals surface area (Å²) in [7, 11) is 0. The van der Waals surface area contributed by atoms with E-state index >= 15 is 0 Å². The van der Waals surface area contributed by atoms with E-state index in [0.717, 1.165) is 12.3 Å². The molecule has 1 atom stereocenters. The number of rotatable bonds is 2. The van der Waals surface area contributed by atoms with E-state index in [1.165, 1.54) is 6.20 Å². The molecule has 1 fully saturated rings. The Bertz CT molecular complexity index is 367. The maximum atomic E-state index is 13.0. The Morgan fingerprint density at radius 2 is 2.07 bits per heavy atom. The molecule has 1 heterocycles. The number of pyridine rings is 1. The van der Waals surface area contributed by atoms with Gasteiger partial charge in [0.15, 0.2) is 0 Å². The van der Waals surface area contributed by atoms with Crippen molar-refractivity contribution in [1.29, 1.82) is 0 Å². The minimum atomic E-state index is -2.82. The Morgan fingerprint density at radius 3 is 2.50 bits per heavy atom. The van der Waals surface area contributed by atoms with Crippen LogP contribution in [0.1, 0.15) is 12.0 Å². The molecule has 1 aliphatic carbocycles. The number of nitrogens with zero attached hydrogens (tertiary/aromatic N) is 1. The van der Waals surface area contributed by atoms with Crippen LogP contribution in [0.4, 0.5) is 13.2 Å². The molecule has 0 radical (unpaired) electrons. The quantitative estimate of drug-likeness (QED) is 0.788. The van der Waals surface area contributed by atoms with Gasteiger partial charge in [0, 0.05) is 19.2 Å². The Balaban J connectivity index is 2.40. The molecule has 0 saturated heterocycles. The lowest BCUT2D eigenvalue weighted by Crippen LogP contribution is -2.27. The molecule has 2 nitrogen and oxygen atoms in total. The summed E-state index contributed by atoms with van der Waals surface area (Å²) in [6, 6.07) is 1.07. The van der Waals surface area contributed by atoms with E-state index in [2.05, 4.69) is 4.98 Å². The van der Waals surface area contributed by atoms with E-state index in [1.54, 1.807) is 0 Å². The lowest BCUT2D eigenvalue weighted by molar-refractivity contribution is 0.0895. The summed E-state index contributed by atoms with van der Waals surface area (Å²) in [4.78, 5) is 3.54. The average molecular weight is 202 g/mol. The fourth-order valence-corrected chi connectivity index (χ4v) is 1.66. The zero-order chi connectivity index (χ0) is 10.4. The van der Waals surface area contributed by atoms with Gasteiger partial charge in [0.1, 0.15) is 5.82 Å². The van der Waals surface area contributed by atoms with Crippen molar-refractivity contribution in [1.82, 2.24) is 4.98 Å². The predicted octanol–water partition coefficient (Wildman–Crippen LogP) is 1.46. The van der Waals surface area contributed by atoms with Gasteiger partial charge in [-0.3, -0.25) is 4.98 Å². The smallest absolute Gasteiger partial charge is 0.260 e. The molecule has 14 heavy (non-hydrogen) atoms. The topological polar surface area (TPSA) is 38.9 Å². The van der Waals surface area contributed by atoms with Crippen molar-refractivity contribution in [3.05, 3.63) is 29.8 Å². The first-order valence-corrected chi connectivity index (χ1v) is 4.21. The van der Waals surface area contributed by atoms with Crippen LogP contribution in [0.25, 0.3) is 0 Å². The number of hydrogen-bond donors (Lipinski definition) is 1. The largest absolute Gasteiger partial charge is 0.329 e. The number of hydrogen-bond acceptors (Lipinski definition) is 2.